The molecule has 0 aliphatic heterocycles. The summed E-state index contributed by atoms with van der Waals surface area (Å²) in [6.45, 7) is 2.01. The lowest BCUT2D eigenvalue weighted by Gasteiger charge is -2.20. The van der Waals surface area contributed by atoms with Gasteiger partial charge in [0.25, 0.3) is 11.8 Å². The van der Waals surface area contributed by atoms with Gasteiger partial charge in [-0.15, -0.1) is 23.5 Å². The zero-order valence-electron chi connectivity index (χ0n) is 34.5. The van der Waals surface area contributed by atoms with Crippen LogP contribution in [-0.2, 0) is 4.79 Å². The molecule has 62 heavy (non-hydrogen) atoms. The lowest BCUT2D eigenvalue weighted by Crippen LogP contribution is -2.30. The SMILES string of the molecule is NCCOc1cc(OCCN)c(C(=O)Nc2cccc(NC(=O)NCCCN=C(N)N)c2SCCN)cc1C(=O)Nc1cccc(NC(=O)CCCCN=C(N)N)c1SCCN. The maximum absolute atomic E-state index is 14.3. The Morgan fingerprint density at radius 2 is 1.05 bits per heavy atom. The number of hydrogen-bond acceptors (Lipinski definition) is 14. The molecule has 0 bridgehead atoms. The van der Waals surface area contributed by atoms with Crippen molar-refractivity contribution >= 4 is 81.9 Å². The number of ether oxygens (including phenoxy) is 2. The minimum atomic E-state index is -0.644. The van der Waals surface area contributed by atoms with Crippen molar-refractivity contribution < 1.29 is 28.7 Å². The minimum Gasteiger partial charge on any atom is -0.491 e. The maximum atomic E-state index is 14.3. The number of nitrogens with one attached hydrogen (secondary N) is 5. The maximum Gasteiger partial charge on any atom is 0.319 e. The quantitative estimate of drug-likeness (QED) is 0.0221. The minimum absolute atomic E-state index is 0.0110. The summed E-state index contributed by atoms with van der Waals surface area (Å²) in [5.74, 6) is -0.451. The van der Waals surface area contributed by atoms with Crippen molar-refractivity contribution in [2.24, 2.45) is 55.9 Å². The molecule has 21 nitrogen and oxygen atoms in total. The van der Waals surface area contributed by atoms with Crippen LogP contribution in [0.1, 0.15) is 46.4 Å². The zero-order chi connectivity index (χ0) is 45.3. The van der Waals surface area contributed by atoms with E-state index in [0.29, 0.717) is 96.0 Å². The molecule has 21 N–H and O–H groups in total. The van der Waals surface area contributed by atoms with Gasteiger partial charge < -0.3 is 81.9 Å². The van der Waals surface area contributed by atoms with Crippen LogP contribution in [-0.4, -0.2) is 106 Å². The van der Waals surface area contributed by atoms with Crippen LogP contribution in [0.15, 0.2) is 68.3 Å². The summed E-state index contributed by atoms with van der Waals surface area (Å²) < 4.78 is 11.8. The Kier molecular flexibility index (Phi) is 22.6. The highest BCUT2D eigenvalue weighted by molar-refractivity contribution is 7.99. The summed E-state index contributed by atoms with van der Waals surface area (Å²) >= 11 is 2.67. The summed E-state index contributed by atoms with van der Waals surface area (Å²) in [5.41, 5.74) is 46.3. The predicted octanol–water partition coefficient (Wildman–Crippen LogP) is 1.14. The average Bonchev–Trinajstić information content (AvgIpc) is 3.23. The van der Waals surface area contributed by atoms with Gasteiger partial charge in [0.2, 0.25) is 5.91 Å². The molecule has 0 heterocycles. The van der Waals surface area contributed by atoms with Crippen LogP contribution >= 0.6 is 23.5 Å². The van der Waals surface area contributed by atoms with Gasteiger partial charge in [0.1, 0.15) is 24.7 Å². The fraction of sp³-hybridized carbons (Fsp3) is 0.385. The van der Waals surface area contributed by atoms with Crippen LogP contribution in [0.2, 0.25) is 0 Å². The van der Waals surface area contributed by atoms with Crippen molar-refractivity contribution in [3.05, 3.63) is 59.7 Å². The molecule has 23 heteroatoms. The van der Waals surface area contributed by atoms with E-state index in [2.05, 4.69) is 36.6 Å². The van der Waals surface area contributed by atoms with Gasteiger partial charge in [-0.1, -0.05) is 12.1 Å². The molecule has 0 aliphatic rings. The Balaban J connectivity index is 1.99. The Bertz CT molecular complexity index is 1880. The molecule has 0 aromatic heterocycles. The van der Waals surface area contributed by atoms with Gasteiger partial charge in [-0.3, -0.25) is 24.4 Å². The van der Waals surface area contributed by atoms with E-state index >= 15 is 0 Å². The molecule has 0 aliphatic carbocycles. The Morgan fingerprint density at radius 1 is 0.581 bits per heavy atom. The van der Waals surface area contributed by atoms with E-state index in [0.717, 1.165) is 0 Å². The first-order valence-corrected chi connectivity index (χ1v) is 21.7. The number of rotatable bonds is 27. The number of unbranched alkanes of at least 4 members (excludes halogenated alkanes) is 1. The van der Waals surface area contributed by atoms with Gasteiger partial charge >= 0.3 is 6.03 Å². The fourth-order valence-corrected chi connectivity index (χ4v) is 7.19. The van der Waals surface area contributed by atoms with Crippen LogP contribution < -0.4 is 81.9 Å². The van der Waals surface area contributed by atoms with Gasteiger partial charge in [-0.2, -0.15) is 0 Å². The summed E-state index contributed by atoms with van der Waals surface area (Å²) in [7, 11) is 0. The second-order valence-electron chi connectivity index (χ2n) is 13.0. The lowest BCUT2D eigenvalue weighted by atomic mass is 10.1. The lowest BCUT2D eigenvalue weighted by molar-refractivity contribution is -0.116. The van der Waals surface area contributed by atoms with Gasteiger partial charge in [-0.25, -0.2) is 4.79 Å². The van der Waals surface area contributed by atoms with Crippen molar-refractivity contribution in [3.63, 3.8) is 0 Å². The van der Waals surface area contributed by atoms with Crippen molar-refractivity contribution in [2.45, 2.75) is 35.5 Å². The first kappa shape index (κ1) is 50.4. The van der Waals surface area contributed by atoms with Crippen LogP contribution in [0.5, 0.6) is 11.5 Å². The molecule has 0 atom stereocenters. The molecule has 0 radical (unpaired) electrons. The smallest absolute Gasteiger partial charge is 0.319 e. The number of benzene rings is 3. The van der Waals surface area contributed by atoms with Crippen LogP contribution in [0.4, 0.5) is 27.5 Å². The number of guanidine groups is 2. The number of hydrogen-bond donors (Lipinski definition) is 13. The third-order valence-electron chi connectivity index (χ3n) is 8.12. The number of anilines is 4. The number of amides is 5. The van der Waals surface area contributed by atoms with E-state index in [4.69, 9.17) is 55.3 Å². The van der Waals surface area contributed by atoms with Crippen molar-refractivity contribution in [1.29, 1.82) is 0 Å². The zero-order valence-corrected chi connectivity index (χ0v) is 36.1. The molecule has 0 fully saturated rings. The average molecular weight is 898 g/mol. The number of carbonyl (C=O) groups is 4. The highest BCUT2D eigenvalue weighted by Gasteiger charge is 2.25. The van der Waals surface area contributed by atoms with Crippen molar-refractivity contribution in [3.8, 4) is 11.5 Å². The van der Waals surface area contributed by atoms with E-state index in [1.54, 1.807) is 36.4 Å². The second kappa shape index (κ2) is 27.8. The Hall–Kier alpha value is -5.98. The first-order chi connectivity index (χ1) is 29.9. The Labute approximate surface area is 369 Å². The van der Waals surface area contributed by atoms with E-state index in [-0.39, 0.29) is 73.2 Å². The first-order valence-electron chi connectivity index (χ1n) is 19.8. The molecule has 3 aromatic rings. The molecular weight excluding hydrogens is 839 g/mol. The van der Waals surface area contributed by atoms with E-state index < -0.39 is 17.8 Å². The summed E-state index contributed by atoms with van der Waals surface area (Å²) in [6, 6.07) is 12.4. The van der Waals surface area contributed by atoms with Crippen LogP contribution in [0.3, 0.4) is 0 Å². The van der Waals surface area contributed by atoms with Gasteiger partial charge in [0.05, 0.1) is 43.7 Å². The molecule has 0 unspecified atom stereocenters. The summed E-state index contributed by atoms with van der Waals surface area (Å²) in [4.78, 5) is 63.3. The van der Waals surface area contributed by atoms with Crippen LogP contribution in [0.25, 0.3) is 0 Å². The van der Waals surface area contributed by atoms with E-state index in [9.17, 15) is 19.2 Å². The van der Waals surface area contributed by atoms with E-state index in [1.807, 2.05) is 0 Å². The number of nitrogens with zero attached hydrogens (tertiary/aromatic N) is 2. The number of thioether (sulfide) groups is 2. The van der Waals surface area contributed by atoms with Gasteiger partial charge in [0.15, 0.2) is 11.9 Å². The number of nitrogens with two attached hydrogens (primary N) is 8. The molecular formula is C39H59N15O6S2. The van der Waals surface area contributed by atoms with Crippen LogP contribution in [0, 0.1) is 0 Å². The predicted molar refractivity (Wildman–Crippen MR) is 249 cm³/mol. The number of aliphatic imine (C=N–C) groups is 2. The molecule has 3 aromatic carbocycles. The number of carbonyl (C=O) groups excluding carboxylic acids is 4. The molecule has 3 rings (SSSR count). The van der Waals surface area contributed by atoms with Crippen molar-refractivity contribution in [2.75, 3.05) is 91.8 Å². The highest BCUT2D eigenvalue weighted by Crippen LogP contribution is 2.38. The molecule has 0 saturated carbocycles. The Morgan fingerprint density at radius 3 is 1.52 bits per heavy atom. The van der Waals surface area contributed by atoms with Gasteiger partial charge in [-0.05, 0) is 49.6 Å². The monoisotopic (exact) mass is 897 g/mol. The molecule has 0 saturated heterocycles. The highest BCUT2D eigenvalue weighted by atomic mass is 32.2. The fourth-order valence-electron chi connectivity index (χ4n) is 5.45. The number of urea groups is 1. The molecule has 0 spiro atoms. The normalized spacial score (nSPS) is 10.6. The third-order valence-corrected chi connectivity index (χ3v) is 10.5. The molecule has 338 valence electrons. The third kappa shape index (κ3) is 17.2. The van der Waals surface area contributed by atoms with Gasteiger partial charge in [0, 0.05) is 69.8 Å². The standard InChI is InChI=1S/C39H59N15O6S2/c40-11-18-59-30-23-31(60-19-12-41)25(36(57)53-28-8-4-9-29(34(28)62-21-14-43)54-39(58)50-17-5-16-49-38(46)47)22-24(30)35(56)52-27-7-3-6-26(33(27)61-20-13-42)51-32(55)10-1-2-15-48-37(44)45/h3-4,6-9,22-23H,1-2,5,10-21,40-43H2,(H,51,55)(H,52,56)(H,53,57)(H4,44,45,48)(H4,46,47,49)(H2,50,54,58). The molecule has 5 amide bonds. The summed E-state index contributed by atoms with van der Waals surface area (Å²) in [5, 5.41) is 14.3. The van der Waals surface area contributed by atoms with Crippen molar-refractivity contribution in [1.82, 2.24) is 5.32 Å². The topological polar surface area (TPSA) is 380 Å². The largest absolute Gasteiger partial charge is 0.491 e. The second-order valence-corrected chi connectivity index (χ2v) is 15.2. The summed E-state index contributed by atoms with van der Waals surface area (Å²) in [6.07, 6.45) is 1.88. The van der Waals surface area contributed by atoms with E-state index in [1.165, 1.54) is 35.7 Å².